The van der Waals surface area contributed by atoms with E-state index in [0.29, 0.717) is 6.42 Å². The predicted molar refractivity (Wildman–Crippen MR) is 83.9 cm³/mol. The Balaban J connectivity index is 2.79. The van der Waals surface area contributed by atoms with Gasteiger partial charge < -0.3 is 10.1 Å². The van der Waals surface area contributed by atoms with Gasteiger partial charge in [-0.3, -0.25) is 4.79 Å². The summed E-state index contributed by atoms with van der Waals surface area (Å²) < 4.78 is 42.5. The van der Waals surface area contributed by atoms with Crippen molar-refractivity contribution >= 4 is 18.0 Å². The number of ether oxygens (including phenoxy) is 1. The van der Waals surface area contributed by atoms with E-state index in [1.807, 2.05) is 13.8 Å². The minimum absolute atomic E-state index is 0.154. The number of hydrogen-bond donors (Lipinski definition) is 1. The zero-order valence-electron chi connectivity index (χ0n) is 13.7. The van der Waals surface area contributed by atoms with Crippen LogP contribution in [-0.4, -0.2) is 25.0 Å². The van der Waals surface area contributed by atoms with Crippen LogP contribution in [0.4, 0.5) is 13.2 Å². The van der Waals surface area contributed by atoms with Crippen molar-refractivity contribution in [2.45, 2.75) is 32.5 Å². The molecule has 0 fully saturated rings. The minimum atomic E-state index is -4.45. The molecule has 0 heterocycles. The van der Waals surface area contributed by atoms with Gasteiger partial charge in [-0.25, -0.2) is 4.79 Å². The summed E-state index contributed by atoms with van der Waals surface area (Å²) in [7, 11) is 1.22. The number of nitrogens with one attached hydrogen (secondary N) is 1. The number of hydrogen-bond acceptors (Lipinski definition) is 3. The first-order valence-corrected chi connectivity index (χ1v) is 7.37. The summed E-state index contributed by atoms with van der Waals surface area (Å²) in [5.41, 5.74) is -0.559. The highest BCUT2D eigenvalue weighted by atomic mass is 19.4. The SMILES string of the molecule is COC(=O)C(CC(C)C)NC(=O)/C=C/c1cccc(C(F)(F)F)c1. The molecule has 0 radical (unpaired) electrons. The van der Waals surface area contributed by atoms with Crippen molar-refractivity contribution in [3.05, 3.63) is 41.5 Å². The van der Waals surface area contributed by atoms with Crippen molar-refractivity contribution in [3.8, 4) is 0 Å². The first kappa shape index (κ1) is 19.7. The standard InChI is InChI=1S/C17H20F3NO3/c1-11(2)9-14(16(23)24-3)21-15(22)8-7-12-5-4-6-13(10-12)17(18,19)20/h4-8,10-11,14H,9H2,1-3H3,(H,21,22)/b8-7+. The Kier molecular flexibility index (Phi) is 7.00. The van der Waals surface area contributed by atoms with Crippen molar-refractivity contribution in [1.29, 1.82) is 0 Å². The number of amides is 1. The molecule has 1 amide bonds. The van der Waals surface area contributed by atoms with Crippen molar-refractivity contribution in [1.82, 2.24) is 5.32 Å². The summed E-state index contributed by atoms with van der Waals surface area (Å²) in [6, 6.07) is 3.80. The third-order valence-electron chi connectivity index (χ3n) is 3.15. The fraction of sp³-hybridized carbons (Fsp3) is 0.412. The molecular formula is C17H20F3NO3. The number of benzene rings is 1. The second-order valence-electron chi connectivity index (χ2n) is 5.67. The molecule has 132 valence electrons. The molecule has 24 heavy (non-hydrogen) atoms. The highest BCUT2D eigenvalue weighted by molar-refractivity contribution is 5.94. The minimum Gasteiger partial charge on any atom is -0.467 e. The Morgan fingerprint density at radius 1 is 1.29 bits per heavy atom. The first-order chi connectivity index (χ1) is 11.1. The van der Waals surface area contributed by atoms with Crippen LogP contribution in [0.15, 0.2) is 30.3 Å². The van der Waals surface area contributed by atoms with Gasteiger partial charge in [0.25, 0.3) is 0 Å². The van der Waals surface area contributed by atoms with Gasteiger partial charge in [-0.15, -0.1) is 0 Å². The van der Waals surface area contributed by atoms with Crippen molar-refractivity contribution < 1.29 is 27.5 Å². The van der Waals surface area contributed by atoms with Gasteiger partial charge in [-0.1, -0.05) is 26.0 Å². The van der Waals surface area contributed by atoms with Crippen LogP contribution in [0.1, 0.15) is 31.4 Å². The van der Waals surface area contributed by atoms with E-state index in [0.717, 1.165) is 18.2 Å². The van der Waals surface area contributed by atoms with Crippen LogP contribution in [0.2, 0.25) is 0 Å². The van der Waals surface area contributed by atoms with E-state index in [9.17, 15) is 22.8 Å². The molecule has 0 saturated carbocycles. The van der Waals surface area contributed by atoms with Gasteiger partial charge in [0.05, 0.1) is 12.7 Å². The highest BCUT2D eigenvalue weighted by Gasteiger charge is 2.30. The second kappa shape index (κ2) is 8.52. The Labute approximate surface area is 138 Å². The monoisotopic (exact) mass is 343 g/mol. The summed E-state index contributed by atoms with van der Waals surface area (Å²) in [4.78, 5) is 23.5. The number of rotatable bonds is 6. The lowest BCUT2D eigenvalue weighted by Gasteiger charge is -2.17. The number of methoxy groups -OCH3 is 1. The van der Waals surface area contributed by atoms with E-state index in [2.05, 4.69) is 10.1 Å². The average Bonchev–Trinajstić information content (AvgIpc) is 2.50. The third-order valence-corrected chi connectivity index (χ3v) is 3.15. The Morgan fingerprint density at radius 3 is 2.50 bits per heavy atom. The topological polar surface area (TPSA) is 55.4 Å². The maximum atomic E-state index is 12.6. The van der Waals surface area contributed by atoms with Crippen LogP contribution >= 0.6 is 0 Å². The first-order valence-electron chi connectivity index (χ1n) is 7.37. The molecule has 0 aliphatic rings. The number of alkyl halides is 3. The Hall–Kier alpha value is -2.31. The fourth-order valence-corrected chi connectivity index (χ4v) is 2.04. The molecule has 0 aliphatic heterocycles. The van der Waals surface area contributed by atoms with E-state index < -0.39 is 29.7 Å². The molecule has 0 bridgehead atoms. The van der Waals surface area contributed by atoms with Gasteiger partial charge >= 0.3 is 12.1 Å². The Bertz CT molecular complexity index is 609. The van der Waals surface area contributed by atoms with Gasteiger partial charge in [0.15, 0.2) is 0 Å². The summed E-state index contributed by atoms with van der Waals surface area (Å²) >= 11 is 0. The van der Waals surface area contributed by atoms with Gasteiger partial charge in [0.2, 0.25) is 5.91 Å². The van der Waals surface area contributed by atoms with E-state index >= 15 is 0 Å². The maximum absolute atomic E-state index is 12.6. The number of halogens is 3. The molecule has 1 atom stereocenters. The number of carbonyl (C=O) groups is 2. The maximum Gasteiger partial charge on any atom is 0.416 e. The van der Waals surface area contributed by atoms with Gasteiger partial charge in [0, 0.05) is 6.08 Å². The van der Waals surface area contributed by atoms with E-state index in [-0.39, 0.29) is 11.5 Å². The molecule has 1 rings (SSSR count). The lowest BCUT2D eigenvalue weighted by Crippen LogP contribution is -2.41. The molecule has 1 aromatic rings. The lowest BCUT2D eigenvalue weighted by molar-refractivity contribution is -0.145. The predicted octanol–water partition coefficient (Wildman–Crippen LogP) is 3.42. The normalized spacial score (nSPS) is 13.1. The van der Waals surface area contributed by atoms with Gasteiger partial charge in [-0.2, -0.15) is 13.2 Å². The van der Waals surface area contributed by atoms with Gasteiger partial charge in [0.1, 0.15) is 6.04 Å². The second-order valence-corrected chi connectivity index (χ2v) is 5.67. The van der Waals surface area contributed by atoms with Crippen LogP contribution in [-0.2, 0) is 20.5 Å². The molecule has 0 aliphatic carbocycles. The average molecular weight is 343 g/mol. The Morgan fingerprint density at radius 2 is 1.96 bits per heavy atom. The summed E-state index contributed by atoms with van der Waals surface area (Å²) in [6.45, 7) is 3.78. The zero-order chi connectivity index (χ0) is 18.3. The van der Waals surface area contributed by atoms with Crippen LogP contribution < -0.4 is 5.32 Å². The molecular weight excluding hydrogens is 323 g/mol. The number of esters is 1. The van der Waals surface area contributed by atoms with Crippen LogP contribution in [0, 0.1) is 5.92 Å². The third kappa shape index (κ3) is 6.44. The molecule has 7 heteroatoms. The van der Waals surface area contributed by atoms with Gasteiger partial charge in [-0.05, 0) is 36.1 Å². The van der Waals surface area contributed by atoms with Crippen molar-refractivity contribution in [2.75, 3.05) is 7.11 Å². The molecule has 4 nitrogen and oxygen atoms in total. The molecule has 0 spiro atoms. The molecule has 1 unspecified atom stereocenters. The largest absolute Gasteiger partial charge is 0.467 e. The number of carbonyl (C=O) groups excluding carboxylic acids is 2. The molecule has 0 saturated heterocycles. The van der Waals surface area contributed by atoms with Crippen LogP contribution in [0.3, 0.4) is 0 Å². The van der Waals surface area contributed by atoms with Crippen molar-refractivity contribution in [3.63, 3.8) is 0 Å². The van der Waals surface area contributed by atoms with E-state index in [1.165, 1.54) is 25.3 Å². The quantitative estimate of drug-likeness (QED) is 0.636. The highest BCUT2D eigenvalue weighted by Crippen LogP contribution is 2.29. The van der Waals surface area contributed by atoms with Crippen molar-refractivity contribution in [2.24, 2.45) is 5.92 Å². The van der Waals surface area contributed by atoms with Crippen LogP contribution in [0.5, 0.6) is 0 Å². The molecule has 1 aromatic carbocycles. The fourth-order valence-electron chi connectivity index (χ4n) is 2.04. The van der Waals surface area contributed by atoms with Crippen LogP contribution in [0.25, 0.3) is 6.08 Å². The van der Waals surface area contributed by atoms with E-state index in [4.69, 9.17) is 0 Å². The zero-order valence-corrected chi connectivity index (χ0v) is 13.7. The smallest absolute Gasteiger partial charge is 0.416 e. The summed E-state index contributed by atoms with van der Waals surface area (Å²) in [6.07, 6.45) is -1.70. The summed E-state index contributed by atoms with van der Waals surface area (Å²) in [5.74, 6) is -0.991. The molecule has 1 N–H and O–H groups in total. The van der Waals surface area contributed by atoms with E-state index in [1.54, 1.807) is 0 Å². The summed E-state index contributed by atoms with van der Waals surface area (Å²) in [5, 5.41) is 2.49. The lowest BCUT2D eigenvalue weighted by atomic mass is 10.0. The molecule has 0 aromatic heterocycles.